The number of halogens is 1. The Bertz CT molecular complexity index is 576. The molecule has 2 aromatic rings. The summed E-state index contributed by atoms with van der Waals surface area (Å²) in [5.74, 6) is 0.391. The van der Waals surface area contributed by atoms with E-state index in [0.29, 0.717) is 18.1 Å². The molecule has 0 saturated carbocycles. The summed E-state index contributed by atoms with van der Waals surface area (Å²) >= 11 is 0. The van der Waals surface area contributed by atoms with Gasteiger partial charge in [0.25, 0.3) is 0 Å². The van der Waals surface area contributed by atoms with Crippen molar-refractivity contribution >= 4 is 0 Å². The standard InChI is InChI=1S/C15H17FN2O2/c1-17-9-11-5-3-7-13(16)15(11)20-10-12-6-4-8-14(18-12)19-2/h3-8,17H,9-10H2,1-2H3. The molecule has 1 aromatic heterocycles. The van der Waals surface area contributed by atoms with Crippen LogP contribution in [-0.4, -0.2) is 19.1 Å². The predicted octanol–water partition coefficient (Wildman–Crippen LogP) is 2.53. The average Bonchev–Trinajstić information content (AvgIpc) is 2.47. The smallest absolute Gasteiger partial charge is 0.213 e. The Morgan fingerprint density at radius 2 is 2.00 bits per heavy atom. The van der Waals surface area contributed by atoms with Gasteiger partial charge in [-0.05, 0) is 19.2 Å². The van der Waals surface area contributed by atoms with Gasteiger partial charge in [0.05, 0.1) is 12.8 Å². The molecule has 0 saturated heterocycles. The lowest BCUT2D eigenvalue weighted by molar-refractivity contribution is 0.280. The number of pyridine rings is 1. The zero-order valence-electron chi connectivity index (χ0n) is 11.5. The maximum Gasteiger partial charge on any atom is 0.213 e. The van der Waals surface area contributed by atoms with Crippen molar-refractivity contribution in [2.75, 3.05) is 14.2 Å². The van der Waals surface area contributed by atoms with Crippen LogP contribution in [0.1, 0.15) is 11.3 Å². The Labute approximate surface area is 117 Å². The Hall–Kier alpha value is -2.14. The van der Waals surface area contributed by atoms with Crippen molar-refractivity contribution in [1.29, 1.82) is 0 Å². The van der Waals surface area contributed by atoms with Crippen LogP contribution < -0.4 is 14.8 Å². The molecular formula is C15H17FN2O2. The largest absolute Gasteiger partial charge is 0.484 e. The van der Waals surface area contributed by atoms with E-state index in [4.69, 9.17) is 9.47 Å². The van der Waals surface area contributed by atoms with E-state index in [9.17, 15) is 4.39 Å². The first-order valence-corrected chi connectivity index (χ1v) is 6.29. The van der Waals surface area contributed by atoms with Crippen LogP contribution in [0, 0.1) is 5.82 Å². The molecule has 20 heavy (non-hydrogen) atoms. The van der Waals surface area contributed by atoms with Crippen LogP contribution >= 0.6 is 0 Å². The Kier molecular flexibility index (Phi) is 4.90. The van der Waals surface area contributed by atoms with Gasteiger partial charge in [-0.3, -0.25) is 0 Å². The lowest BCUT2D eigenvalue weighted by Crippen LogP contribution is -2.09. The third-order valence-corrected chi connectivity index (χ3v) is 2.77. The Morgan fingerprint density at radius 3 is 2.75 bits per heavy atom. The predicted molar refractivity (Wildman–Crippen MR) is 74.3 cm³/mol. The van der Waals surface area contributed by atoms with Crippen molar-refractivity contribution in [1.82, 2.24) is 10.3 Å². The van der Waals surface area contributed by atoms with Crippen LogP contribution in [0.5, 0.6) is 11.6 Å². The Morgan fingerprint density at radius 1 is 1.20 bits per heavy atom. The van der Waals surface area contributed by atoms with E-state index in [1.54, 1.807) is 32.4 Å². The minimum atomic E-state index is -0.374. The summed E-state index contributed by atoms with van der Waals surface area (Å²) in [6.07, 6.45) is 0. The molecule has 4 nitrogen and oxygen atoms in total. The molecule has 2 rings (SSSR count). The first-order chi connectivity index (χ1) is 9.74. The number of aromatic nitrogens is 1. The monoisotopic (exact) mass is 276 g/mol. The molecule has 1 N–H and O–H groups in total. The van der Waals surface area contributed by atoms with Crippen LogP contribution in [0.4, 0.5) is 4.39 Å². The molecule has 0 fully saturated rings. The first kappa shape index (κ1) is 14.3. The summed E-state index contributed by atoms with van der Waals surface area (Å²) in [6, 6.07) is 10.3. The van der Waals surface area contributed by atoms with Gasteiger partial charge in [0.1, 0.15) is 6.61 Å². The first-order valence-electron chi connectivity index (χ1n) is 6.29. The molecular weight excluding hydrogens is 259 g/mol. The average molecular weight is 276 g/mol. The number of nitrogens with zero attached hydrogens (tertiary/aromatic N) is 1. The van der Waals surface area contributed by atoms with Gasteiger partial charge in [0.15, 0.2) is 11.6 Å². The summed E-state index contributed by atoms with van der Waals surface area (Å²) in [5, 5.41) is 2.99. The summed E-state index contributed by atoms with van der Waals surface area (Å²) < 4.78 is 24.4. The summed E-state index contributed by atoms with van der Waals surface area (Å²) in [6.45, 7) is 0.730. The molecule has 106 valence electrons. The molecule has 0 spiro atoms. The van der Waals surface area contributed by atoms with Crippen molar-refractivity contribution in [3.63, 3.8) is 0 Å². The van der Waals surface area contributed by atoms with Gasteiger partial charge < -0.3 is 14.8 Å². The maximum absolute atomic E-state index is 13.8. The third-order valence-electron chi connectivity index (χ3n) is 2.77. The lowest BCUT2D eigenvalue weighted by Gasteiger charge is -2.12. The van der Waals surface area contributed by atoms with E-state index in [0.717, 1.165) is 5.56 Å². The Balaban J connectivity index is 2.13. The molecule has 0 aliphatic carbocycles. The molecule has 0 radical (unpaired) electrons. The highest BCUT2D eigenvalue weighted by atomic mass is 19.1. The molecule has 0 aliphatic rings. The van der Waals surface area contributed by atoms with E-state index in [-0.39, 0.29) is 18.2 Å². The van der Waals surface area contributed by atoms with Crippen molar-refractivity contribution in [3.05, 3.63) is 53.5 Å². The van der Waals surface area contributed by atoms with Gasteiger partial charge >= 0.3 is 0 Å². The van der Waals surface area contributed by atoms with Crippen LogP contribution in [-0.2, 0) is 13.2 Å². The quantitative estimate of drug-likeness (QED) is 0.880. The number of ether oxygens (including phenoxy) is 2. The van der Waals surface area contributed by atoms with E-state index < -0.39 is 0 Å². The number of hydrogen-bond donors (Lipinski definition) is 1. The third kappa shape index (κ3) is 3.45. The molecule has 0 bridgehead atoms. The van der Waals surface area contributed by atoms with E-state index in [2.05, 4.69) is 10.3 Å². The highest BCUT2D eigenvalue weighted by molar-refractivity contribution is 5.35. The van der Waals surface area contributed by atoms with Crippen LogP contribution in [0.25, 0.3) is 0 Å². The van der Waals surface area contributed by atoms with Crippen molar-refractivity contribution in [3.8, 4) is 11.6 Å². The van der Waals surface area contributed by atoms with Gasteiger partial charge in [0.2, 0.25) is 5.88 Å². The number of nitrogens with one attached hydrogen (secondary N) is 1. The fraction of sp³-hybridized carbons (Fsp3) is 0.267. The van der Waals surface area contributed by atoms with E-state index >= 15 is 0 Å². The van der Waals surface area contributed by atoms with Crippen LogP contribution in [0.2, 0.25) is 0 Å². The van der Waals surface area contributed by atoms with Gasteiger partial charge in [-0.1, -0.05) is 18.2 Å². The molecule has 1 aromatic carbocycles. The second-order valence-electron chi connectivity index (χ2n) is 4.22. The number of hydrogen-bond acceptors (Lipinski definition) is 4. The van der Waals surface area contributed by atoms with Gasteiger partial charge in [-0.15, -0.1) is 0 Å². The number of rotatable bonds is 6. The zero-order valence-corrected chi connectivity index (χ0v) is 11.5. The molecule has 0 atom stereocenters. The van der Waals surface area contributed by atoms with Crippen molar-refractivity contribution in [2.24, 2.45) is 0 Å². The SMILES string of the molecule is CNCc1cccc(F)c1OCc1cccc(OC)n1. The van der Waals surface area contributed by atoms with E-state index in [1.165, 1.54) is 6.07 Å². The highest BCUT2D eigenvalue weighted by Crippen LogP contribution is 2.23. The van der Waals surface area contributed by atoms with Gasteiger partial charge in [-0.25, -0.2) is 9.37 Å². The topological polar surface area (TPSA) is 43.4 Å². The molecule has 0 unspecified atom stereocenters. The minimum absolute atomic E-state index is 0.189. The number of para-hydroxylation sites is 1. The lowest BCUT2D eigenvalue weighted by atomic mass is 10.2. The van der Waals surface area contributed by atoms with Crippen molar-refractivity contribution in [2.45, 2.75) is 13.2 Å². The highest BCUT2D eigenvalue weighted by Gasteiger charge is 2.10. The molecule has 1 heterocycles. The van der Waals surface area contributed by atoms with Crippen molar-refractivity contribution < 1.29 is 13.9 Å². The second kappa shape index (κ2) is 6.86. The van der Waals surface area contributed by atoms with Crippen LogP contribution in [0.15, 0.2) is 36.4 Å². The summed E-state index contributed by atoms with van der Waals surface area (Å²) in [7, 11) is 3.35. The second-order valence-corrected chi connectivity index (χ2v) is 4.22. The minimum Gasteiger partial charge on any atom is -0.484 e. The maximum atomic E-state index is 13.8. The number of benzene rings is 1. The normalized spacial score (nSPS) is 10.3. The zero-order chi connectivity index (χ0) is 14.4. The fourth-order valence-corrected chi connectivity index (χ4v) is 1.84. The van der Waals surface area contributed by atoms with Crippen LogP contribution in [0.3, 0.4) is 0 Å². The molecule has 5 heteroatoms. The summed E-state index contributed by atoms with van der Waals surface area (Å²) in [5.41, 5.74) is 1.46. The molecule has 0 amide bonds. The summed E-state index contributed by atoms with van der Waals surface area (Å²) in [4.78, 5) is 4.23. The van der Waals surface area contributed by atoms with Gasteiger partial charge in [0, 0.05) is 18.2 Å². The van der Waals surface area contributed by atoms with Gasteiger partial charge in [-0.2, -0.15) is 0 Å². The fourth-order valence-electron chi connectivity index (χ4n) is 1.84. The van der Waals surface area contributed by atoms with E-state index in [1.807, 2.05) is 12.1 Å². The molecule has 0 aliphatic heterocycles. The number of methoxy groups -OCH3 is 1.